The number of thioether (sulfide) groups is 1. The van der Waals surface area contributed by atoms with E-state index in [9.17, 15) is 14.4 Å². The second kappa shape index (κ2) is 9.47. The van der Waals surface area contributed by atoms with Crippen LogP contribution in [0.3, 0.4) is 0 Å². The van der Waals surface area contributed by atoms with Gasteiger partial charge in [-0.1, -0.05) is 17.7 Å². The number of nitrogens with one attached hydrogen (secondary N) is 2. The molecule has 152 valence electrons. The molecule has 3 amide bonds. The van der Waals surface area contributed by atoms with Gasteiger partial charge in [-0.15, -0.1) is 11.8 Å². The molecule has 2 N–H and O–H groups in total. The van der Waals surface area contributed by atoms with Crippen molar-refractivity contribution < 1.29 is 19.1 Å². The van der Waals surface area contributed by atoms with E-state index in [1.54, 1.807) is 28.8 Å². The maximum absolute atomic E-state index is 12.3. The van der Waals surface area contributed by atoms with E-state index in [2.05, 4.69) is 10.9 Å². The molecule has 0 spiro atoms. The Morgan fingerprint density at radius 3 is 2.45 bits per heavy atom. The van der Waals surface area contributed by atoms with Crippen molar-refractivity contribution in [2.24, 2.45) is 5.92 Å². The molecule has 1 heterocycles. The molecular weight excluding hydrogens is 390 g/mol. The molecule has 0 bridgehead atoms. The summed E-state index contributed by atoms with van der Waals surface area (Å²) in [6.07, 6.45) is 2.09. The lowest BCUT2D eigenvalue weighted by Gasteiger charge is -2.17. The lowest BCUT2D eigenvalue weighted by Crippen LogP contribution is -2.46. The third-order valence-corrected chi connectivity index (χ3v) is 5.34. The third-order valence-electron chi connectivity index (χ3n) is 4.60. The summed E-state index contributed by atoms with van der Waals surface area (Å²) in [7, 11) is 0. The van der Waals surface area contributed by atoms with Crippen molar-refractivity contribution in [2.45, 2.75) is 18.2 Å². The highest BCUT2D eigenvalue weighted by atomic mass is 32.2. The van der Waals surface area contributed by atoms with Crippen LogP contribution in [0.2, 0.25) is 0 Å². The maximum Gasteiger partial charge on any atom is 0.276 e. The van der Waals surface area contributed by atoms with E-state index in [1.165, 1.54) is 0 Å². The summed E-state index contributed by atoms with van der Waals surface area (Å²) < 4.78 is 5.36. The summed E-state index contributed by atoms with van der Waals surface area (Å²) in [5.41, 5.74) is 6.56. The van der Waals surface area contributed by atoms with Gasteiger partial charge >= 0.3 is 0 Å². The summed E-state index contributed by atoms with van der Waals surface area (Å²) >= 11 is 1.62. The fourth-order valence-electron chi connectivity index (χ4n) is 2.95. The van der Waals surface area contributed by atoms with E-state index in [4.69, 9.17) is 4.74 Å². The number of carbonyl (C=O) groups excluding carboxylic acids is 3. The summed E-state index contributed by atoms with van der Waals surface area (Å²) in [5.74, 6) is -0.947. The standard InChI is InChI=1S/C21H23N3O4S/c1-14-3-7-17(8-4-14)28-13-19(25)22-23-21(27)15-11-20(26)24(12-15)16-5-9-18(29-2)10-6-16/h3-10,15H,11-13H2,1-2H3,(H,22,25)(H,23,27)/t15-/m0/s1. The van der Waals surface area contributed by atoms with E-state index in [1.807, 2.05) is 49.6 Å². The van der Waals surface area contributed by atoms with E-state index < -0.39 is 17.7 Å². The van der Waals surface area contributed by atoms with Crippen molar-refractivity contribution in [3.8, 4) is 5.75 Å². The van der Waals surface area contributed by atoms with Gasteiger partial charge in [0.15, 0.2) is 6.61 Å². The minimum Gasteiger partial charge on any atom is -0.484 e. The Kier molecular flexibility index (Phi) is 6.77. The van der Waals surface area contributed by atoms with Gasteiger partial charge in [0.05, 0.1) is 5.92 Å². The van der Waals surface area contributed by atoms with Crippen LogP contribution in [-0.4, -0.2) is 37.1 Å². The number of hydrogen-bond donors (Lipinski definition) is 2. The molecule has 1 atom stereocenters. The van der Waals surface area contributed by atoms with Crippen LogP contribution in [0.4, 0.5) is 5.69 Å². The largest absolute Gasteiger partial charge is 0.484 e. The predicted molar refractivity (Wildman–Crippen MR) is 112 cm³/mol. The Bertz CT molecular complexity index is 884. The van der Waals surface area contributed by atoms with Gasteiger partial charge in [0.2, 0.25) is 11.8 Å². The van der Waals surface area contributed by atoms with Gasteiger partial charge in [0.1, 0.15) is 5.75 Å². The zero-order valence-electron chi connectivity index (χ0n) is 16.3. The Labute approximate surface area is 173 Å². The molecule has 2 aromatic rings. The molecule has 7 nitrogen and oxygen atoms in total. The first-order valence-corrected chi connectivity index (χ1v) is 10.4. The maximum atomic E-state index is 12.3. The number of benzene rings is 2. The molecule has 3 rings (SSSR count). The van der Waals surface area contributed by atoms with Crippen LogP contribution in [0.25, 0.3) is 0 Å². The number of rotatable bonds is 6. The van der Waals surface area contributed by atoms with Crippen LogP contribution in [0, 0.1) is 12.8 Å². The highest BCUT2D eigenvalue weighted by Crippen LogP contribution is 2.27. The molecule has 1 saturated heterocycles. The van der Waals surface area contributed by atoms with Gasteiger partial charge in [-0.05, 0) is 49.6 Å². The second-order valence-electron chi connectivity index (χ2n) is 6.74. The smallest absolute Gasteiger partial charge is 0.276 e. The molecule has 0 radical (unpaired) electrons. The Morgan fingerprint density at radius 1 is 1.10 bits per heavy atom. The van der Waals surface area contributed by atoms with Crippen LogP contribution < -0.4 is 20.5 Å². The number of amides is 3. The number of hydrogen-bond acceptors (Lipinski definition) is 5. The van der Waals surface area contributed by atoms with Crippen LogP contribution in [0.1, 0.15) is 12.0 Å². The van der Waals surface area contributed by atoms with Crippen molar-refractivity contribution in [2.75, 3.05) is 24.3 Å². The van der Waals surface area contributed by atoms with E-state index in [0.717, 1.165) is 16.1 Å². The monoisotopic (exact) mass is 413 g/mol. The fourth-order valence-corrected chi connectivity index (χ4v) is 3.36. The van der Waals surface area contributed by atoms with Crippen molar-refractivity contribution in [1.29, 1.82) is 0 Å². The van der Waals surface area contributed by atoms with Gasteiger partial charge in [-0.25, -0.2) is 0 Å². The van der Waals surface area contributed by atoms with Gasteiger partial charge in [-0.3, -0.25) is 25.2 Å². The molecule has 0 aliphatic carbocycles. The highest BCUT2D eigenvalue weighted by Gasteiger charge is 2.35. The Morgan fingerprint density at radius 2 is 1.79 bits per heavy atom. The summed E-state index contributed by atoms with van der Waals surface area (Å²) in [5, 5.41) is 0. The molecule has 29 heavy (non-hydrogen) atoms. The lowest BCUT2D eigenvalue weighted by molar-refractivity contribution is -0.132. The second-order valence-corrected chi connectivity index (χ2v) is 7.62. The van der Waals surface area contributed by atoms with Gasteiger partial charge in [0.25, 0.3) is 5.91 Å². The Hall–Kier alpha value is -3.00. The average Bonchev–Trinajstić information content (AvgIpc) is 3.13. The molecule has 1 aliphatic heterocycles. The molecule has 8 heteroatoms. The number of hydrazine groups is 1. The first-order chi connectivity index (χ1) is 14.0. The van der Waals surface area contributed by atoms with Crippen LogP contribution in [0.5, 0.6) is 5.75 Å². The molecule has 2 aromatic carbocycles. The fraction of sp³-hybridized carbons (Fsp3) is 0.286. The SMILES string of the molecule is CSc1ccc(N2C[C@@H](C(=O)NNC(=O)COc3ccc(C)cc3)CC2=O)cc1. The average molecular weight is 413 g/mol. The predicted octanol–water partition coefficient (Wildman–Crippen LogP) is 2.30. The molecule has 1 aliphatic rings. The summed E-state index contributed by atoms with van der Waals surface area (Å²) in [6.45, 7) is 2.01. The number of anilines is 1. The van der Waals surface area contributed by atoms with E-state index >= 15 is 0 Å². The van der Waals surface area contributed by atoms with Crippen LogP contribution >= 0.6 is 11.8 Å². The van der Waals surface area contributed by atoms with Crippen LogP contribution in [0.15, 0.2) is 53.4 Å². The van der Waals surface area contributed by atoms with Gasteiger partial charge in [-0.2, -0.15) is 0 Å². The zero-order valence-corrected chi connectivity index (χ0v) is 17.1. The van der Waals surface area contributed by atoms with Crippen molar-refractivity contribution >= 4 is 35.2 Å². The number of aryl methyl sites for hydroxylation is 1. The zero-order chi connectivity index (χ0) is 20.8. The number of ether oxygens (including phenoxy) is 1. The lowest BCUT2D eigenvalue weighted by atomic mass is 10.1. The molecule has 0 saturated carbocycles. The minimum absolute atomic E-state index is 0.103. The quantitative estimate of drug-likeness (QED) is 0.561. The highest BCUT2D eigenvalue weighted by molar-refractivity contribution is 7.98. The first kappa shape index (κ1) is 20.7. The first-order valence-electron chi connectivity index (χ1n) is 9.19. The van der Waals surface area contributed by atoms with E-state index in [0.29, 0.717) is 5.75 Å². The van der Waals surface area contributed by atoms with Gasteiger partial charge < -0.3 is 9.64 Å². The van der Waals surface area contributed by atoms with E-state index in [-0.39, 0.29) is 25.5 Å². The normalized spacial score (nSPS) is 15.9. The minimum atomic E-state index is -0.527. The van der Waals surface area contributed by atoms with Crippen molar-refractivity contribution in [1.82, 2.24) is 10.9 Å². The van der Waals surface area contributed by atoms with Gasteiger partial charge in [0, 0.05) is 23.5 Å². The molecule has 0 unspecified atom stereocenters. The summed E-state index contributed by atoms with van der Waals surface area (Å²) in [4.78, 5) is 39.2. The van der Waals surface area contributed by atoms with Crippen molar-refractivity contribution in [3.63, 3.8) is 0 Å². The topological polar surface area (TPSA) is 87.7 Å². The number of carbonyl (C=O) groups is 3. The summed E-state index contributed by atoms with van der Waals surface area (Å²) in [6, 6.07) is 14.9. The number of nitrogens with zero attached hydrogens (tertiary/aromatic N) is 1. The molecular formula is C21H23N3O4S. The third kappa shape index (κ3) is 5.51. The van der Waals surface area contributed by atoms with Crippen LogP contribution in [-0.2, 0) is 14.4 Å². The molecule has 1 fully saturated rings. The molecule has 0 aromatic heterocycles. The Balaban J connectivity index is 1.46. The van der Waals surface area contributed by atoms with Crippen molar-refractivity contribution in [3.05, 3.63) is 54.1 Å².